The number of amides is 1. The number of ether oxygens (including phenoxy) is 1. The Labute approximate surface area is 184 Å². The number of hydrogen-bond acceptors (Lipinski definition) is 2. The molecule has 0 atom stereocenters. The lowest BCUT2D eigenvalue weighted by atomic mass is 10.0. The fourth-order valence-corrected chi connectivity index (χ4v) is 4.45. The van der Waals surface area contributed by atoms with Crippen molar-refractivity contribution in [3.05, 3.63) is 77.9 Å². The van der Waals surface area contributed by atoms with Crippen LogP contribution < -0.4 is 19.9 Å². The molecule has 0 aromatic heterocycles. The second-order valence-electron chi connectivity index (χ2n) is 8.44. The highest BCUT2D eigenvalue weighted by Crippen LogP contribution is 2.17. The van der Waals surface area contributed by atoms with Crippen LogP contribution in [0.5, 0.6) is 5.75 Å². The highest BCUT2D eigenvalue weighted by Gasteiger charge is 2.25. The van der Waals surface area contributed by atoms with Gasteiger partial charge in [0.05, 0.1) is 7.11 Å². The van der Waals surface area contributed by atoms with Crippen molar-refractivity contribution in [3.63, 3.8) is 0 Å². The van der Waals surface area contributed by atoms with Crippen LogP contribution in [-0.4, -0.2) is 52.3 Å². The SMILES string of the molecule is COc1ccc(CCNC(=O)C[NH+]2CC[NH+](Cc3cccc4ccccc34)CC2)cc1. The van der Waals surface area contributed by atoms with Crippen molar-refractivity contribution >= 4 is 16.7 Å². The number of benzene rings is 3. The predicted molar refractivity (Wildman–Crippen MR) is 124 cm³/mol. The standard InChI is InChI=1S/C26H31N3O2/c1-31-24-11-9-21(10-12-24)13-14-27-26(30)20-29-17-15-28(16-18-29)19-23-7-4-6-22-5-2-3-8-25(22)23/h2-12H,13-20H2,1H3,(H,27,30)/p+2. The van der Waals surface area contributed by atoms with E-state index in [1.54, 1.807) is 12.0 Å². The molecule has 3 N–H and O–H groups in total. The molecule has 4 rings (SSSR count). The predicted octanol–water partition coefficient (Wildman–Crippen LogP) is 0.491. The fourth-order valence-electron chi connectivity index (χ4n) is 4.45. The Morgan fingerprint density at radius 3 is 2.39 bits per heavy atom. The quantitative estimate of drug-likeness (QED) is 0.498. The lowest BCUT2D eigenvalue weighted by Crippen LogP contribution is -3.28. The van der Waals surface area contributed by atoms with Gasteiger partial charge < -0.3 is 19.9 Å². The van der Waals surface area contributed by atoms with Crippen LogP contribution in [0.4, 0.5) is 0 Å². The molecule has 0 spiro atoms. The second kappa shape index (κ2) is 10.4. The van der Waals surface area contributed by atoms with E-state index in [1.807, 2.05) is 24.3 Å². The topological polar surface area (TPSA) is 47.2 Å². The third-order valence-corrected chi connectivity index (χ3v) is 6.29. The van der Waals surface area contributed by atoms with Gasteiger partial charge in [-0.3, -0.25) is 4.79 Å². The first-order valence-electron chi connectivity index (χ1n) is 11.2. The van der Waals surface area contributed by atoms with Crippen molar-refractivity contribution in [3.8, 4) is 5.75 Å². The zero-order valence-corrected chi connectivity index (χ0v) is 18.3. The summed E-state index contributed by atoms with van der Waals surface area (Å²) in [5.74, 6) is 1.01. The first kappa shape index (κ1) is 21.3. The molecular weight excluding hydrogens is 386 g/mol. The highest BCUT2D eigenvalue weighted by molar-refractivity contribution is 5.85. The maximum absolute atomic E-state index is 12.4. The maximum atomic E-state index is 12.4. The van der Waals surface area contributed by atoms with Crippen LogP contribution in [0.3, 0.4) is 0 Å². The molecule has 1 amide bonds. The van der Waals surface area contributed by atoms with E-state index in [0.29, 0.717) is 13.1 Å². The number of fused-ring (bicyclic) bond motifs is 1. The van der Waals surface area contributed by atoms with Gasteiger partial charge in [0.15, 0.2) is 6.54 Å². The molecule has 3 aromatic carbocycles. The van der Waals surface area contributed by atoms with E-state index in [9.17, 15) is 4.79 Å². The van der Waals surface area contributed by atoms with Crippen molar-refractivity contribution in [2.24, 2.45) is 0 Å². The lowest BCUT2D eigenvalue weighted by Gasteiger charge is -2.29. The summed E-state index contributed by atoms with van der Waals surface area (Å²) in [6.07, 6.45) is 0.841. The van der Waals surface area contributed by atoms with Crippen molar-refractivity contribution in [2.75, 3.05) is 46.4 Å². The molecule has 0 bridgehead atoms. The van der Waals surface area contributed by atoms with E-state index in [0.717, 1.165) is 44.9 Å². The normalized spacial score (nSPS) is 18.6. The smallest absolute Gasteiger partial charge is 0.275 e. The van der Waals surface area contributed by atoms with E-state index in [4.69, 9.17) is 4.74 Å². The fraction of sp³-hybridized carbons (Fsp3) is 0.346. The van der Waals surface area contributed by atoms with Gasteiger partial charge in [-0.1, -0.05) is 54.6 Å². The first-order chi connectivity index (χ1) is 15.2. The van der Waals surface area contributed by atoms with Gasteiger partial charge in [-0.25, -0.2) is 0 Å². The molecule has 1 fully saturated rings. The number of carbonyl (C=O) groups is 1. The molecular formula is C26H33N3O2+2. The van der Waals surface area contributed by atoms with Crippen LogP contribution >= 0.6 is 0 Å². The largest absolute Gasteiger partial charge is 0.497 e. The van der Waals surface area contributed by atoms with Crippen LogP contribution in [0.1, 0.15) is 11.1 Å². The molecule has 0 saturated carbocycles. The van der Waals surface area contributed by atoms with Crippen LogP contribution in [0, 0.1) is 0 Å². The Balaban J connectivity index is 1.18. The third-order valence-electron chi connectivity index (χ3n) is 6.29. The molecule has 1 aliphatic heterocycles. The van der Waals surface area contributed by atoms with Gasteiger partial charge in [0.2, 0.25) is 0 Å². The van der Waals surface area contributed by atoms with Gasteiger partial charge in [0.1, 0.15) is 38.5 Å². The first-order valence-corrected chi connectivity index (χ1v) is 11.2. The average molecular weight is 420 g/mol. The van der Waals surface area contributed by atoms with Crippen LogP contribution in [0.2, 0.25) is 0 Å². The minimum Gasteiger partial charge on any atom is -0.497 e. The van der Waals surface area contributed by atoms with E-state index < -0.39 is 0 Å². The number of nitrogens with one attached hydrogen (secondary N) is 3. The molecule has 31 heavy (non-hydrogen) atoms. The van der Waals surface area contributed by atoms with E-state index >= 15 is 0 Å². The number of rotatable bonds is 8. The van der Waals surface area contributed by atoms with E-state index in [-0.39, 0.29) is 5.91 Å². The molecule has 162 valence electrons. The van der Waals surface area contributed by atoms with Gasteiger partial charge in [-0.05, 0) is 34.9 Å². The van der Waals surface area contributed by atoms with Crippen LogP contribution in [0.25, 0.3) is 10.8 Å². The average Bonchev–Trinajstić information content (AvgIpc) is 2.81. The molecule has 1 heterocycles. The van der Waals surface area contributed by atoms with Crippen molar-refractivity contribution < 1.29 is 19.3 Å². The summed E-state index contributed by atoms with van der Waals surface area (Å²) >= 11 is 0. The summed E-state index contributed by atoms with van der Waals surface area (Å²) in [6, 6.07) is 23.2. The van der Waals surface area contributed by atoms with Gasteiger partial charge in [0, 0.05) is 12.1 Å². The molecule has 1 saturated heterocycles. The van der Waals surface area contributed by atoms with E-state index in [1.165, 1.54) is 26.8 Å². The number of piperazine rings is 1. The second-order valence-corrected chi connectivity index (χ2v) is 8.44. The van der Waals surface area contributed by atoms with Crippen LogP contribution in [-0.2, 0) is 17.8 Å². The summed E-state index contributed by atoms with van der Waals surface area (Å²) < 4.78 is 5.18. The Kier molecular flexibility index (Phi) is 7.18. The molecule has 5 nitrogen and oxygen atoms in total. The van der Waals surface area contributed by atoms with Crippen molar-refractivity contribution in [1.82, 2.24) is 5.32 Å². The summed E-state index contributed by atoms with van der Waals surface area (Å²) in [5, 5.41) is 5.76. The number of carbonyl (C=O) groups excluding carboxylic acids is 1. The zero-order chi connectivity index (χ0) is 21.5. The van der Waals surface area contributed by atoms with Crippen molar-refractivity contribution in [1.29, 1.82) is 0 Å². The zero-order valence-electron chi connectivity index (χ0n) is 18.3. The number of methoxy groups -OCH3 is 1. The van der Waals surface area contributed by atoms with Gasteiger partial charge in [0.25, 0.3) is 5.91 Å². The van der Waals surface area contributed by atoms with Gasteiger partial charge >= 0.3 is 0 Å². The minimum atomic E-state index is 0.154. The minimum absolute atomic E-state index is 0.154. The number of quaternary nitrogens is 2. The van der Waals surface area contributed by atoms with Gasteiger partial charge in [-0.15, -0.1) is 0 Å². The Bertz CT molecular complexity index is 990. The highest BCUT2D eigenvalue weighted by atomic mass is 16.5. The monoisotopic (exact) mass is 419 g/mol. The van der Waals surface area contributed by atoms with Crippen molar-refractivity contribution in [2.45, 2.75) is 13.0 Å². The Morgan fingerprint density at radius 1 is 0.903 bits per heavy atom. The molecule has 5 heteroatoms. The van der Waals surface area contributed by atoms with Gasteiger partial charge in [-0.2, -0.15) is 0 Å². The summed E-state index contributed by atoms with van der Waals surface area (Å²) in [6.45, 7) is 6.62. The molecule has 0 aliphatic carbocycles. The lowest BCUT2D eigenvalue weighted by molar-refractivity contribution is -1.02. The Hall–Kier alpha value is -2.89. The summed E-state index contributed by atoms with van der Waals surface area (Å²) in [4.78, 5) is 15.4. The van der Waals surface area contributed by atoms with Crippen LogP contribution in [0.15, 0.2) is 66.7 Å². The molecule has 0 radical (unpaired) electrons. The maximum Gasteiger partial charge on any atom is 0.275 e. The van der Waals surface area contributed by atoms with E-state index in [2.05, 4.69) is 47.8 Å². The Morgan fingerprint density at radius 2 is 1.61 bits per heavy atom. The summed E-state index contributed by atoms with van der Waals surface area (Å²) in [7, 11) is 1.67. The number of hydrogen-bond donors (Lipinski definition) is 3. The molecule has 0 unspecified atom stereocenters. The molecule has 1 aliphatic rings. The third kappa shape index (κ3) is 5.84. The molecule has 3 aromatic rings. The summed E-state index contributed by atoms with van der Waals surface area (Å²) in [5.41, 5.74) is 2.63.